The number of likely N-dealkylation sites (tertiary alicyclic amines) is 1. The highest BCUT2D eigenvalue weighted by atomic mass is 32.2. The van der Waals surface area contributed by atoms with Crippen LogP contribution in [0.2, 0.25) is 0 Å². The van der Waals surface area contributed by atoms with Crippen LogP contribution in [-0.2, 0) is 14.8 Å². The summed E-state index contributed by atoms with van der Waals surface area (Å²) < 4.78 is 32.2. The number of hydrogen-bond acceptors (Lipinski definition) is 7. The fraction of sp³-hybridized carbons (Fsp3) is 0.632. The Morgan fingerprint density at radius 1 is 0.935 bits per heavy atom. The van der Waals surface area contributed by atoms with Crippen molar-refractivity contribution in [1.29, 1.82) is 0 Å². The number of nitro groups is 1. The molecule has 3 fully saturated rings. The molecule has 0 aliphatic carbocycles. The number of amides is 2. The molecule has 0 bridgehead atoms. The fourth-order valence-electron chi connectivity index (χ4n) is 4.26. The van der Waals surface area contributed by atoms with Crippen LogP contribution < -0.4 is 4.90 Å². The highest BCUT2D eigenvalue weighted by molar-refractivity contribution is 7.89. The maximum absolute atomic E-state index is 12.9. The average molecular weight is 454 g/mol. The Hall–Kier alpha value is -2.44. The Morgan fingerprint density at radius 2 is 1.55 bits per heavy atom. The summed E-state index contributed by atoms with van der Waals surface area (Å²) >= 11 is 0. The number of urea groups is 1. The van der Waals surface area contributed by atoms with Crippen molar-refractivity contribution >= 4 is 27.4 Å². The van der Waals surface area contributed by atoms with Gasteiger partial charge in [-0.1, -0.05) is 0 Å². The molecule has 3 aliphatic rings. The van der Waals surface area contributed by atoms with Gasteiger partial charge in [-0.15, -0.1) is 0 Å². The predicted molar refractivity (Wildman–Crippen MR) is 113 cm³/mol. The van der Waals surface area contributed by atoms with Gasteiger partial charge in [0.25, 0.3) is 5.69 Å². The third kappa shape index (κ3) is 4.46. The number of rotatable bonds is 4. The molecule has 0 aromatic heterocycles. The van der Waals surface area contributed by atoms with Crippen LogP contribution in [0.3, 0.4) is 0 Å². The number of anilines is 1. The summed E-state index contributed by atoms with van der Waals surface area (Å²) in [5, 5.41) is 11.7. The second-order valence-corrected chi connectivity index (χ2v) is 9.81. The maximum atomic E-state index is 12.9. The van der Waals surface area contributed by atoms with Crippen molar-refractivity contribution in [1.82, 2.24) is 14.1 Å². The lowest BCUT2D eigenvalue weighted by atomic mass is 10.2. The van der Waals surface area contributed by atoms with Crippen molar-refractivity contribution < 1.29 is 22.9 Å². The molecule has 12 heteroatoms. The first-order chi connectivity index (χ1) is 14.9. The van der Waals surface area contributed by atoms with Crippen molar-refractivity contribution in [2.75, 3.05) is 70.5 Å². The summed E-state index contributed by atoms with van der Waals surface area (Å²) in [5.74, 6) is 0. The topological polar surface area (TPSA) is 117 Å². The van der Waals surface area contributed by atoms with Crippen molar-refractivity contribution in [3.05, 3.63) is 28.3 Å². The summed E-state index contributed by atoms with van der Waals surface area (Å²) in [6.45, 7) is 4.48. The molecule has 31 heavy (non-hydrogen) atoms. The Bertz CT molecular complexity index is 935. The SMILES string of the molecule is O=C(N1CCCC1)N1CCN(c2ccc(S(=O)(=O)N3CCOCC3)cc2[N+](=O)[O-])CC1. The third-order valence-electron chi connectivity index (χ3n) is 6.02. The molecule has 3 aliphatic heterocycles. The Balaban J connectivity index is 1.50. The number of nitro benzene ring substituents is 1. The summed E-state index contributed by atoms with van der Waals surface area (Å²) in [7, 11) is -3.82. The highest BCUT2D eigenvalue weighted by Gasteiger charge is 2.32. The van der Waals surface area contributed by atoms with E-state index in [9.17, 15) is 23.3 Å². The lowest BCUT2D eigenvalue weighted by Crippen LogP contribution is -2.52. The number of nitrogens with zero attached hydrogens (tertiary/aromatic N) is 5. The number of carbonyl (C=O) groups is 1. The van der Waals surface area contributed by atoms with Crippen molar-refractivity contribution in [2.24, 2.45) is 0 Å². The van der Waals surface area contributed by atoms with Crippen LogP contribution in [0, 0.1) is 10.1 Å². The van der Waals surface area contributed by atoms with Crippen LogP contribution in [0.5, 0.6) is 0 Å². The largest absolute Gasteiger partial charge is 0.379 e. The van der Waals surface area contributed by atoms with E-state index >= 15 is 0 Å². The van der Waals surface area contributed by atoms with E-state index in [2.05, 4.69) is 0 Å². The van der Waals surface area contributed by atoms with Crippen LogP contribution in [0.4, 0.5) is 16.2 Å². The van der Waals surface area contributed by atoms with Gasteiger partial charge in [0, 0.05) is 58.4 Å². The first kappa shape index (κ1) is 21.8. The van der Waals surface area contributed by atoms with Crippen molar-refractivity contribution in [3.63, 3.8) is 0 Å². The van der Waals surface area contributed by atoms with Gasteiger partial charge in [-0.05, 0) is 25.0 Å². The molecule has 3 saturated heterocycles. The molecule has 2 amide bonds. The fourth-order valence-corrected chi connectivity index (χ4v) is 5.69. The van der Waals surface area contributed by atoms with Gasteiger partial charge in [0.2, 0.25) is 10.0 Å². The molecule has 1 aromatic rings. The number of benzene rings is 1. The van der Waals surface area contributed by atoms with Crippen molar-refractivity contribution in [3.8, 4) is 0 Å². The normalized spacial score (nSPS) is 20.8. The molecule has 0 saturated carbocycles. The average Bonchev–Trinajstić information content (AvgIpc) is 3.34. The third-order valence-corrected chi connectivity index (χ3v) is 7.91. The van der Waals surface area contributed by atoms with Gasteiger partial charge in [-0.2, -0.15) is 4.31 Å². The minimum atomic E-state index is -3.82. The monoisotopic (exact) mass is 453 g/mol. The molecular weight excluding hydrogens is 426 g/mol. The lowest BCUT2D eigenvalue weighted by Gasteiger charge is -2.37. The second-order valence-electron chi connectivity index (χ2n) is 7.87. The first-order valence-electron chi connectivity index (χ1n) is 10.5. The van der Waals surface area contributed by atoms with Crippen LogP contribution in [0.1, 0.15) is 12.8 Å². The zero-order chi connectivity index (χ0) is 22.0. The Labute approximate surface area is 181 Å². The zero-order valence-electron chi connectivity index (χ0n) is 17.3. The van der Waals surface area contributed by atoms with Gasteiger partial charge in [0.1, 0.15) is 5.69 Å². The van der Waals surface area contributed by atoms with E-state index in [-0.39, 0.29) is 29.7 Å². The summed E-state index contributed by atoms with van der Waals surface area (Å²) in [6, 6.07) is 4.10. The summed E-state index contributed by atoms with van der Waals surface area (Å²) in [5.41, 5.74) is 0.132. The minimum Gasteiger partial charge on any atom is -0.379 e. The quantitative estimate of drug-likeness (QED) is 0.492. The Kier molecular flexibility index (Phi) is 6.30. The predicted octanol–water partition coefficient (Wildman–Crippen LogP) is 0.954. The van der Waals surface area contributed by atoms with Gasteiger partial charge in [0.15, 0.2) is 0 Å². The van der Waals surface area contributed by atoms with Gasteiger partial charge in [-0.3, -0.25) is 10.1 Å². The van der Waals surface area contributed by atoms with Crippen molar-refractivity contribution in [2.45, 2.75) is 17.7 Å². The van der Waals surface area contributed by atoms with E-state index in [1.54, 1.807) is 4.90 Å². The minimum absolute atomic E-state index is 0.0265. The number of piperazine rings is 1. The van der Waals surface area contributed by atoms with Crippen LogP contribution in [-0.4, -0.2) is 99.0 Å². The van der Waals surface area contributed by atoms with Gasteiger partial charge >= 0.3 is 6.03 Å². The van der Waals surface area contributed by atoms with E-state index in [0.29, 0.717) is 45.1 Å². The van der Waals surface area contributed by atoms with E-state index in [1.165, 1.54) is 16.4 Å². The number of carbonyl (C=O) groups excluding carboxylic acids is 1. The number of morpholine rings is 1. The maximum Gasteiger partial charge on any atom is 0.320 e. The second kappa shape index (κ2) is 8.97. The standard InChI is InChI=1S/C19H27N5O6S/c25-19(21-5-1-2-6-21)22-9-7-20(8-10-22)17-4-3-16(15-18(17)24(26)27)31(28,29)23-11-13-30-14-12-23/h3-4,15H,1-2,5-14H2. The molecule has 0 spiro atoms. The van der Waals surface area contributed by atoms with E-state index in [0.717, 1.165) is 32.0 Å². The molecular formula is C19H27N5O6S. The van der Waals surface area contributed by atoms with Crippen LogP contribution >= 0.6 is 0 Å². The number of ether oxygens (including phenoxy) is 1. The lowest BCUT2D eigenvalue weighted by molar-refractivity contribution is -0.384. The van der Waals surface area contributed by atoms with Crippen LogP contribution in [0.25, 0.3) is 0 Å². The summed E-state index contributed by atoms with van der Waals surface area (Å²) in [6.07, 6.45) is 2.05. The molecule has 0 radical (unpaired) electrons. The molecule has 11 nitrogen and oxygen atoms in total. The molecule has 4 rings (SSSR count). The van der Waals surface area contributed by atoms with Gasteiger partial charge in [0.05, 0.1) is 23.0 Å². The molecule has 0 atom stereocenters. The van der Waals surface area contributed by atoms with Crippen LogP contribution in [0.15, 0.2) is 23.1 Å². The van der Waals surface area contributed by atoms with Gasteiger partial charge in [-0.25, -0.2) is 13.2 Å². The van der Waals surface area contributed by atoms with E-state index in [1.807, 2.05) is 9.80 Å². The zero-order valence-corrected chi connectivity index (χ0v) is 18.1. The Morgan fingerprint density at radius 3 is 2.16 bits per heavy atom. The smallest absolute Gasteiger partial charge is 0.320 e. The molecule has 170 valence electrons. The number of sulfonamides is 1. The van der Waals surface area contributed by atoms with E-state index in [4.69, 9.17) is 4.74 Å². The summed E-state index contributed by atoms with van der Waals surface area (Å²) in [4.78, 5) is 29.2. The molecule has 0 N–H and O–H groups in total. The molecule has 0 unspecified atom stereocenters. The van der Waals surface area contributed by atoms with E-state index < -0.39 is 14.9 Å². The molecule has 3 heterocycles. The number of hydrogen-bond donors (Lipinski definition) is 0. The highest BCUT2D eigenvalue weighted by Crippen LogP contribution is 2.32. The van der Waals surface area contributed by atoms with Gasteiger partial charge < -0.3 is 19.4 Å². The first-order valence-corrected chi connectivity index (χ1v) is 12.0. The molecule has 1 aromatic carbocycles.